The summed E-state index contributed by atoms with van der Waals surface area (Å²) in [5, 5.41) is 3.47. The number of hydrogen-bond donors (Lipinski definition) is 1. The van der Waals surface area contributed by atoms with E-state index in [-0.39, 0.29) is 0 Å². The van der Waals surface area contributed by atoms with Crippen LogP contribution in [-0.4, -0.2) is 62.7 Å². The molecular weight excluding hydrogens is 210 g/mol. The van der Waals surface area contributed by atoms with E-state index >= 15 is 0 Å². The Morgan fingerprint density at radius 3 is 2.00 bits per heavy atom. The lowest BCUT2D eigenvalue weighted by molar-refractivity contribution is 0.152. The molecule has 0 saturated heterocycles. The van der Waals surface area contributed by atoms with E-state index in [0.29, 0.717) is 12.1 Å². The zero-order chi connectivity index (χ0) is 13.4. The van der Waals surface area contributed by atoms with Crippen LogP contribution in [0.3, 0.4) is 0 Å². The van der Waals surface area contributed by atoms with Crippen LogP contribution in [0.5, 0.6) is 0 Å². The maximum Gasteiger partial charge on any atom is 0.0217 e. The van der Waals surface area contributed by atoms with Crippen LogP contribution in [0.1, 0.15) is 34.1 Å². The molecule has 0 bridgehead atoms. The molecule has 0 amide bonds. The number of nitrogens with zero attached hydrogens (tertiary/aromatic N) is 2. The van der Waals surface area contributed by atoms with Crippen molar-refractivity contribution < 1.29 is 0 Å². The first-order chi connectivity index (χ1) is 7.96. The monoisotopic (exact) mass is 243 g/mol. The number of nitrogens with one attached hydrogen (secondary N) is 1. The molecule has 0 fully saturated rings. The summed E-state index contributed by atoms with van der Waals surface area (Å²) in [6.07, 6.45) is 1.24. The molecule has 0 saturated carbocycles. The van der Waals surface area contributed by atoms with Crippen molar-refractivity contribution >= 4 is 0 Å². The van der Waals surface area contributed by atoms with Gasteiger partial charge in [-0.1, -0.05) is 27.2 Å². The van der Waals surface area contributed by atoms with Crippen molar-refractivity contribution in [2.75, 3.05) is 40.8 Å². The SMILES string of the molecule is CCC(C)C(CN(CC)C(C)CN(C)C)NC. The smallest absolute Gasteiger partial charge is 0.0217 e. The molecule has 3 nitrogen and oxygen atoms in total. The van der Waals surface area contributed by atoms with Crippen molar-refractivity contribution in [3.8, 4) is 0 Å². The van der Waals surface area contributed by atoms with E-state index < -0.39 is 0 Å². The molecule has 3 unspecified atom stereocenters. The Kier molecular flexibility index (Phi) is 8.83. The van der Waals surface area contributed by atoms with Crippen molar-refractivity contribution in [3.05, 3.63) is 0 Å². The lowest BCUT2D eigenvalue weighted by Crippen LogP contribution is -2.48. The molecule has 0 aromatic heterocycles. The van der Waals surface area contributed by atoms with E-state index in [9.17, 15) is 0 Å². The minimum atomic E-state index is 0.601. The van der Waals surface area contributed by atoms with Crippen molar-refractivity contribution in [1.82, 2.24) is 15.1 Å². The van der Waals surface area contributed by atoms with Crippen LogP contribution < -0.4 is 5.32 Å². The first kappa shape index (κ1) is 16.9. The molecule has 3 atom stereocenters. The van der Waals surface area contributed by atoms with Crippen LogP contribution in [0.15, 0.2) is 0 Å². The van der Waals surface area contributed by atoms with Gasteiger partial charge in [-0.2, -0.15) is 0 Å². The number of rotatable bonds is 9. The maximum absolute atomic E-state index is 3.47. The summed E-state index contributed by atoms with van der Waals surface area (Å²) >= 11 is 0. The fourth-order valence-electron chi connectivity index (χ4n) is 2.36. The topological polar surface area (TPSA) is 18.5 Å². The summed E-state index contributed by atoms with van der Waals surface area (Å²) in [6.45, 7) is 12.6. The zero-order valence-electron chi connectivity index (χ0n) is 13.0. The molecule has 0 heterocycles. The van der Waals surface area contributed by atoms with Gasteiger partial charge in [0.25, 0.3) is 0 Å². The summed E-state index contributed by atoms with van der Waals surface area (Å²) in [4.78, 5) is 4.85. The molecular formula is C14H33N3. The Hall–Kier alpha value is -0.120. The molecule has 0 rings (SSSR count). The van der Waals surface area contributed by atoms with Crippen LogP contribution in [0.4, 0.5) is 0 Å². The van der Waals surface area contributed by atoms with Crippen molar-refractivity contribution in [1.29, 1.82) is 0 Å². The van der Waals surface area contributed by atoms with E-state index in [2.05, 4.69) is 64.0 Å². The highest BCUT2D eigenvalue weighted by atomic mass is 15.2. The summed E-state index contributed by atoms with van der Waals surface area (Å²) in [5.41, 5.74) is 0. The molecule has 0 aromatic rings. The predicted octanol–water partition coefficient (Wildman–Crippen LogP) is 1.89. The number of likely N-dealkylation sites (N-methyl/N-ethyl adjacent to an activating group) is 3. The first-order valence-electron chi connectivity index (χ1n) is 7.02. The van der Waals surface area contributed by atoms with E-state index in [4.69, 9.17) is 0 Å². The third-order valence-corrected chi connectivity index (χ3v) is 3.79. The minimum Gasteiger partial charge on any atom is -0.315 e. The van der Waals surface area contributed by atoms with Crippen molar-refractivity contribution in [2.45, 2.75) is 46.2 Å². The maximum atomic E-state index is 3.47. The lowest BCUT2D eigenvalue weighted by Gasteiger charge is -2.35. The second kappa shape index (κ2) is 8.90. The molecule has 104 valence electrons. The Labute approximate surface area is 109 Å². The Balaban J connectivity index is 4.35. The summed E-state index contributed by atoms with van der Waals surface area (Å²) in [6, 6.07) is 1.22. The predicted molar refractivity (Wildman–Crippen MR) is 77.6 cm³/mol. The van der Waals surface area contributed by atoms with Gasteiger partial charge >= 0.3 is 0 Å². The standard InChI is InChI=1S/C14H33N3/c1-8-12(3)14(15-5)11-17(9-2)13(4)10-16(6)7/h12-15H,8-11H2,1-7H3. The van der Waals surface area contributed by atoms with Crippen molar-refractivity contribution in [3.63, 3.8) is 0 Å². The number of hydrogen-bond acceptors (Lipinski definition) is 3. The average Bonchev–Trinajstić information content (AvgIpc) is 2.28. The van der Waals surface area contributed by atoms with Gasteiger partial charge in [-0.15, -0.1) is 0 Å². The second-order valence-corrected chi connectivity index (χ2v) is 5.48. The van der Waals surface area contributed by atoms with E-state index in [1.165, 1.54) is 6.42 Å². The van der Waals surface area contributed by atoms with E-state index in [0.717, 1.165) is 25.6 Å². The molecule has 0 radical (unpaired) electrons. The van der Waals surface area contributed by atoms with Crippen LogP contribution in [0.25, 0.3) is 0 Å². The van der Waals surface area contributed by atoms with Gasteiger partial charge in [0.05, 0.1) is 0 Å². The third-order valence-electron chi connectivity index (χ3n) is 3.79. The minimum absolute atomic E-state index is 0.601. The fraction of sp³-hybridized carbons (Fsp3) is 1.00. The van der Waals surface area contributed by atoms with Crippen LogP contribution >= 0.6 is 0 Å². The van der Waals surface area contributed by atoms with Gasteiger partial charge in [0.2, 0.25) is 0 Å². The van der Waals surface area contributed by atoms with Crippen LogP contribution in [0.2, 0.25) is 0 Å². The van der Waals surface area contributed by atoms with Gasteiger partial charge in [0.15, 0.2) is 0 Å². The highest BCUT2D eigenvalue weighted by molar-refractivity contribution is 4.78. The van der Waals surface area contributed by atoms with Crippen LogP contribution in [0, 0.1) is 5.92 Å². The molecule has 0 aromatic carbocycles. The summed E-state index contributed by atoms with van der Waals surface area (Å²) < 4.78 is 0. The van der Waals surface area contributed by atoms with Gasteiger partial charge in [-0.3, -0.25) is 4.90 Å². The first-order valence-corrected chi connectivity index (χ1v) is 7.02. The van der Waals surface area contributed by atoms with E-state index in [1.54, 1.807) is 0 Å². The van der Waals surface area contributed by atoms with Gasteiger partial charge in [0, 0.05) is 25.2 Å². The fourth-order valence-corrected chi connectivity index (χ4v) is 2.36. The molecule has 1 N–H and O–H groups in total. The normalized spacial score (nSPS) is 17.5. The molecule has 0 aliphatic heterocycles. The molecule has 3 heteroatoms. The van der Waals surface area contributed by atoms with Gasteiger partial charge < -0.3 is 10.2 Å². The molecule has 0 spiro atoms. The largest absolute Gasteiger partial charge is 0.315 e. The lowest BCUT2D eigenvalue weighted by atomic mass is 9.98. The third kappa shape index (κ3) is 6.39. The summed E-state index contributed by atoms with van der Waals surface area (Å²) in [7, 11) is 6.38. The second-order valence-electron chi connectivity index (χ2n) is 5.48. The van der Waals surface area contributed by atoms with Gasteiger partial charge in [-0.25, -0.2) is 0 Å². The summed E-state index contributed by atoms with van der Waals surface area (Å²) in [5.74, 6) is 0.737. The Bertz CT molecular complexity index is 182. The van der Waals surface area contributed by atoms with Gasteiger partial charge in [0.1, 0.15) is 0 Å². The van der Waals surface area contributed by atoms with Gasteiger partial charge in [-0.05, 0) is 40.5 Å². The Morgan fingerprint density at radius 2 is 1.65 bits per heavy atom. The Morgan fingerprint density at radius 1 is 1.06 bits per heavy atom. The van der Waals surface area contributed by atoms with E-state index in [1.807, 2.05) is 0 Å². The quantitative estimate of drug-likeness (QED) is 0.667. The molecule has 17 heavy (non-hydrogen) atoms. The van der Waals surface area contributed by atoms with Crippen LogP contribution in [-0.2, 0) is 0 Å². The van der Waals surface area contributed by atoms with Crippen molar-refractivity contribution in [2.24, 2.45) is 5.92 Å². The average molecular weight is 243 g/mol. The molecule has 0 aliphatic rings. The highest BCUT2D eigenvalue weighted by Gasteiger charge is 2.20. The highest BCUT2D eigenvalue weighted by Crippen LogP contribution is 2.11. The zero-order valence-corrected chi connectivity index (χ0v) is 13.0. The molecule has 0 aliphatic carbocycles.